The number of methoxy groups -OCH3 is 1. The lowest BCUT2D eigenvalue weighted by Crippen LogP contribution is -2.39. The maximum absolute atomic E-state index is 13.7. The van der Waals surface area contributed by atoms with Crippen LogP contribution in [-0.2, 0) is 14.8 Å². The van der Waals surface area contributed by atoms with Crippen molar-refractivity contribution in [3.8, 4) is 11.5 Å². The fraction of sp³-hybridized carbons (Fsp3) is 0.238. The second-order valence-electron chi connectivity index (χ2n) is 6.70. The van der Waals surface area contributed by atoms with E-state index in [0.717, 1.165) is 4.31 Å². The van der Waals surface area contributed by atoms with Crippen LogP contribution in [-0.4, -0.2) is 44.7 Å². The number of ether oxygens (including phenoxy) is 2. The molecule has 1 heterocycles. The highest BCUT2D eigenvalue weighted by Gasteiger charge is 2.31. The van der Waals surface area contributed by atoms with Crippen LogP contribution < -0.4 is 19.5 Å². The summed E-state index contributed by atoms with van der Waals surface area (Å²) in [6.45, 7) is 1.36. The summed E-state index contributed by atoms with van der Waals surface area (Å²) in [5.41, 5.74) is 5.58. The number of carbonyl (C=O) groups is 1. The highest BCUT2D eigenvalue weighted by Crippen LogP contribution is 2.37. The molecule has 1 aromatic heterocycles. The number of benzene rings is 2. The SMILES string of the molecule is CCOc1cc(S(=O)(=O)N(CC(N)=O)c2ccc(Cl)cc2C(O)c2nccs2)ccc1OC. The van der Waals surface area contributed by atoms with Gasteiger partial charge in [-0.15, -0.1) is 11.3 Å². The van der Waals surface area contributed by atoms with Crippen LogP contribution in [0.3, 0.4) is 0 Å². The van der Waals surface area contributed by atoms with Gasteiger partial charge in [-0.1, -0.05) is 11.6 Å². The van der Waals surface area contributed by atoms with Gasteiger partial charge in [-0.25, -0.2) is 13.4 Å². The first-order valence-electron chi connectivity index (χ1n) is 9.67. The molecule has 0 saturated carbocycles. The second kappa shape index (κ2) is 10.4. The van der Waals surface area contributed by atoms with Crippen LogP contribution in [0.1, 0.15) is 23.6 Å². The van der Waals surface area contributed by atoms with E-state index in [-0.39, 0.29) is 33.5 Å². The number of nitrogens with zero attached hydrogens (tertiary/aromatic N) is 2. The Morgan fingerprint density at radius 3 is 2.64 bits per heavy atom. The zero-order valence-corrected chi connectivity index (χ0v) is 20.2. The molecule has 9 nitrogen and oxygen atoms in total. The molecule has 1 amide bonds. The molecule has 1 atom stereocenters. The first-order chi connectivity index (χ1) is 15.7. The molecule has 0 bridgehead atoms. The number of thiazole rings is 1. The van der Waals surface area contributed by atoms with E-state index < -0.39 is 28.6 Å². The molecule has 0 aliphatic carbocycles. The van der Waals surface area contributed by atoms with Crippen LogP contribution >= 0.6 is 22.9 Å². The maximum atomic E-state index is 13.7. The molecule has 0 radical (unpaired) electrons. The Morgan fingerprint density at radius 2 is 2.03 bits per heavy atom. The Bertz CT molecular complexity index is 1230. The Balaban J connectivity index is 2.18. The van der Waals surface area contributed by atoms with Gasteiger partial charge in [0.15, 0.2) is 11.5 Å². The first kappa shape index (κ1) is 24.8. The van der Waals surface area contributed by atoms with Crippen LogP contribution in [0.15, 0.2) is 52.9 Å². The van der Waals surface area contributed by atoms with E-state index in [1.165, 1.54) is 61.0 Å². The molecule has 33 heavy (non-hydrogen) atoms. The monoisotopic (exact) mass is 511 g/mol. The van der Waals surface area contributed by atoms with Gasteiger partial charge in [0.05, 0.1) is 24.3 Å². The molecule has 0 aliphatic rings. The lowest BCUT2D eigenvalue weighted by Gasteiger charge is -2.27. The fourth-order valence-electron chi connectivity index (χ4n) is 3.13. The van der Waals surface area contributed by atoms with Gasteiger partial charge >= 0.3 is 0 Å². The quantitative estimate of drug-likeness (QED) is 0.427. The Morgan fingerprint density at radius 1 is 1.27 bits per heavy atom. The molecule has 0 spiro atoms. The number of amides is 1. The topological polar surface area (TPSA) is 132 Å². The summed E-state index contributed by atoms with van der Waals surface area (Å²) in [4.78, 5) is 15.8. The van der Waals surface area contributed by atoms with Crippen LogP contribution in [0.4, 0.5) is 5.69 Å². The number of primary amides is 1. The number of carbonyl (C=O) groups excluding carboxylic acids is 1. The van der Waals surface area contributed by atoms with E-state index >= 15 is 0 Å². The van der Waals surface area contributed by atoms with Crippen molar-refractivity contribution in [3.05, 3.63) is 63.6 Å². The zero-order valence-electron chi connectivity index (χ0n) is 17.8. The number of halogens is 1. The predicted octanol–water partition coefficient (Wildman–Crippen LogP) is 2.97. The molecule has 3 N–H and O–H groups in total. The van der Waals surface area contributed by atoms with Gasteiger partial charge in [-0.2, -0.15) is 0 Å². The highest BCUT2D eigenvalue weighted by atomic mass is 35.5. The summed E-state index contributed by atoms with van der Waals surface area (Å²) < 4.78 is 38.9. The number of nitrogens with two attached hydrogens (primary N) is 1. The maximum Gasteiger partial charge on any atom is 0.264 e. The van der Waals surface area contributed by atoms with E-state index in [4.69, 9.17) is 26.8 Å². The second-order valence-corrected chi connectivity index (χ2v) is 9.92. The fourth-order valence-corrected chi connectivity index (χ4v) is 5.42. The number of aliphatic hydroxyl groups excluding tert-OH is 1. The third kappa shape index (κ3) is 5.38. The summed E-state index contributed by atoms with van der Waals surface area (Å²) in [7, 11) is -2.89. The number of aliphatic hydroxyl groups is 1. The zero-order chi connectivity index (χ0) is 24.2. The van der Waals surface area contributed by atoms with Crippen molar-refractivity contribution in [3.63, 3.8) is 0 Å². The molecule has 1 unspecified atom stereocenters. The summed E-state index contributed by atoms with van der Waals surface area (Å²) in [6.07, 6.45) is 0.233. The number of anilines is 1. The third-order valence-electron chi connectivity index (χ3n) is 4.56. The summed E-state index contributed by atoms with van der Waals surface area (Å²) in [6, 6.07) is 8.37. The molecule has 2 aromatic carbocycles. The molecular weight excluding hydrogens is 490 g/mol. The first-order valence-corrected chi connectivity index (χ1v) is 12.4. The largest absolute Gasteiger partial charge is 0.493 e. The van der Waals surface area contributed by atoms with E-state index in [2.05, 4.69) is 4.98 Å². The predicted molar refractivity (Wildman–Crippen MR) is 126 cm³/mol. The normalized spacial score (nSPS) is 12.2. The molecular formula is C21H22ClN3O6S2. The van der Waals surface area contributed by atoms with E-state index in [1.807, 2.05) is 0 Å². The van der Waals surface area contributed by atoms with Crippen LogP contribution in [0.2, 0.25) is 5.02 Å². The molecule has 176 valence electrons. The van der Waals surface area contributed by atoms with Gasteiger partial charge in [-0.3, -0.25) is 9.10 Å². The number of aromatic nitrogens is 1. The summed E-state index contributed by atoms with van der Waals surface area (Å²) in [5, 5.41) is 13.2. The number of hydrogen-bond acceptors (Lipinski definition) is 8. The average molecular weight is 512 g/mol. The Hall–Kier alpha value is -2.86. The van der Waals surface area contributed by atoms with Crippen LogP contribution in [0, 0.1) is 0 Å². The van der Waals surface area contributed by atoms with Crippen LogP contribution in [0.5, 0.6) is 11.5 Å². The third-order valence-corrected chi connectivity index (χ3v) is 7.38. The van der Waals surface area contributed by atoms with Crippen molar-refractivity contribution >= 4 is 44.6 Å². The molecule has 3 aromatic rings. The molecule has 0 saturated heterocycles. The highest BCUT2D eigenvalue weighted by molar-refractivity contribution is 7.92. The van der Waals surface area contributed by atoms with Gasteiger partial charge in [0, 0.05) is 28.2 Å². The van der Waals surface area contributed by atoms with Crippen molar-refractivity contribution < 1.29 is 27.8 Å². The van der Waals surface area contributed by atoms with Crippen molar-refractivity contribution in [2.75, 3.05) is 24.6 Å². The van der Waals surface area contributed by atoms with Crippen molar-refractivity contribution in [1.29, 1.82) is 0 Å². The number of rotatable bonds is 10. The lowest BCUT2D eigenvalue weighted by atomic mass is 10.1. The minimum absolute atomic E-state index is 0.0367. The average Bonchev–Trinajstić information content (AvgIpc) is 3.32. The molecule has 0 aliphatic heterocycles. The smallest absolute Gasteiger partial charge is 0.264 e. The van der Waals surface area contributed by atoms with E-state index in [9.17, 15) is 18.3 Å². The van der Waals surface area contributed by atoms with Crippen molar-refractivity contribution in [2.24, 2.45) is 5.73 Å². The van der Waals surface area contributed by atoms with E-state index in [1.54, 1.807) is 12.3 Å². The van der Waals surface area contributed by atoms with Gasteiger partial charge in [0.2, 0.25) is 5.91 Å². The molecule has 3 rings (SSSR count). The van der Waals surface area contributed by atoms with Crippen molar-refractivity contribution in [1.82, 2.24) is 4.98 Å². The standard InChI is InChI=1S/C21H22ClN3O6S2/c1-3-31-18-11-14(5-7-17(18)30-2)33(28,29)25(12-19(23)26)16-6-4-13(22)10-15(16)20(27)21-24-8-9-32-21/h4-11,20,27H,3,12H2,1-2H3,(H2,23,26). The van der Waals surface area contributed by atoms with E-state index in [0.29, 0.717) is 10.8 Å². The summed E-state index contributed by atoms with van der Waals surface area (Å²) in [5.74, 6) is -0.315. The van der Waals surface area contributed by atoms with Gasteiger partial charge in [0.25, 0.3) is 10.0 Å². The van der Waals surface area contributed by atoms with Gasteiger partial charge in [-0.05, 0) is 37.3 Å². The van der Waals surface area contributed by atoms with Crippen LogP contribution in [0.25, 0.3) is 0 Å². The lowest BCUT2D eigenvalue weighted by molar-refractivity contribution is -0.116. The Labute approximate surface area is 200 Å². The minimum Gasteiger partial charge on any atom is -0.493 e. The molecule has 0 fully saturated rings. The summed E-state index contributed by atoms with van der Waals surface area (Å²) >= 11 is 7.32. The Kier molecular flexibility index (Phi) is 7.80. The van der Waals surface area contributed by atoms with Gasteiger partial charge < -0.3 is 20.3 Å². The number of sulfonamides is 1. The molecule has 12 heteroatoms. The van der Waals surface area contributed by atoms with Crippen molar-refractivity contribution in [2.45, 2.75) is 17.9 Å². The van der Waals surface area contributed by atoms with Gasteiger partial charge in [0.1, 0.15) is 17.7 Å². The number of hydrogen-bond donors (Lipinski definition) is 2. The minimum atomic E-state index is -4.33.